The van der Waals surface area contributed by atoms with E-state index < -0.39 is 30.4 Å². The summed E-state index contributed by atoms with van der Waals surface area (Å²) in [5.41, 5.74) is 0.911. The first kappa shape index (κ1) is 25.3. The van der Waals surface area contributed by atoms with Gasteiger partial charge in [-0.25, -0.2) is 9.78 Å². The first-order chi connectivity index (χ1) is 15.9. The molecule has 1 saturated heterocycles. The number of benzene rings is 1. The van der Waals surface area contributed by atoms with Crippen molar-refractivity contribution in [3.05, 3.63) is 53.7 Å². The zero-order chi connectivity index (χ0) is 24.9. The van der Waals surface area contributed by atoms with Crippen LogP contribution >= 0.6 is 0 Å². The molecule has 0 aliphatic carbocycles. The van der Waals surface area contributed by atoms with Crippen molar-refractivity contribution in [1.29, 1.82) is 0 Å². The van der Waals surface area contributed by atoms with E-state index in [1.165, 1.54) is 12.1 Å². The van der Waals surface area contributed by atoms with Crippen LogP contribution in [0.2, 0.25) is 0 Å². The Hall–Kier alpha value is -3.34. The second-order valence-electron chi connectivity index (χ2n) is 8.65. The number of carbonyl (C=O) groups is 2. The zero-order valence-electron chi connectivity index (χ0n) is 19.0. The molecular weight excluding hydrogens is 455 g/mol. The molecule has 2 heterocycles. The number of carbonyl (C=O) groups excluding carboxylic acids is 2. The van der Waals surface area contributed by atoms with Crippen LogP contribution in [0, 0.1) is 0 Å². The summed E-state index contributed by atoms with van der Waals surface area (Å²) in [5.74, 6) is -0.709. The van der Waals surface area contributed by atoms with Gasteiger partial charge < -0.3 is 24.4 Å². The molecule has 0 radical (unpaired) electrons. The summed E-state index contributed by atoms with van der Waals surface area (Å²) in [7, 11) is 0. The minimum absolute atomic E-state index is 0.159. The molecule has 1 aliphatic rings. The molecular formula is C23H26F3N3O5. The van der Waals surface area contributed by atoms with Crippen LogP contribution in [0.4, 0.5) is 23.7 Å². The highest BCUT2D eigenvalue weighted by Gasteiger charge is 2.29. The Morgan fingerprint density at radius 3 is 2.44 bits per heavy atom. The molecule has 1 aromatic carbocycles. The van der Waals surface area contributed by atoms with Crippen LogP contribution in [0.5, 0.6) is 5.88 Å². The fraction of sp³-hybridized carbons (Fsp3) is 0.435. The average molecular weight is 481 g/mol. The first-order valence-electron chi connectivity index (χ1n) is 10.6. The Balaban J connectivity index is 1.56. The summed E-state index contributed by atoms with van der Waals surface area (Å²) in [5, 5.41) is 2.69. The van der Waals surface area contributed by atoms with Gasteiger partial charge in [-0.1, -0.05) is 12.1 Å². The van der Waals surface area contributed by atoms with Crippen LogP contribution in [-0.2, 0) is 9.47 Å². The molecule has 1 N–H and O–H groups in total. The van der Waals surface area contributed by atoms with E-state index >= 15 is 0 Å². The average Bonchev–Trinajstić information content (AvgIpc) is 2.77. The van der Waals surface area contributed by atoms with Gasteiger partial charge in [-0.2, -0.15) is 13.2 Å². The third-order valence-electron chi connectivity index (χ3n) is 4.64. The van der Waals surface area contributed by atoms with Crippen molar-refractivity contribution in [1.82, 2.24) is 9.88 Å². The molecule has 3 rings (SSSR count). The largest absolute Gasteiger partial charge is 0.468 e. The SMILES string of the molecule is CC(C)(C)OC(=O)N1CCOC(c2ccc(NC(=O)c3ccc(OCC(F)(F)F)nc3)cc2)C1. The van der Waals surface area contributed by atoms with Gasteiger partial charge in [0, 0.05) is 24.5 Å². The van der Waals surface area contributed by atoms with Gasteiger partial charge in [-0.15, -0.1) is 0 Å². The number of hydrogen-bond acceptors (Lipinski definition) is 6. The standard InChI is InChI=1S/C23H26F3N3O5/c1-22(2,3)34-21(31)29-10-11-32-18(13-29)15-4-7-17(8-5-15)28-20(30)16-6-9-19(27-12-16)33-14-23(24,25)26/h4-9,12,18H,10-11,13-14H2,1-3H3,(H,28,30). The molecule has 1 fully saturated rings. The van der Waals surface area contributed by atoms with E-state index in [4.69, 9.17) is 9.47 Å². The maximum Gasteiger partial charge on any atom is 0.422 e. The second kappa shape index (κ2) is 10.3. The summed E-state index contributed by atoms with van der Waals surface area (Å²) >= 11 is 0. The van der Waals surface area contributed by atoms with Crippen molar-refractivity contribution in [2.24, 2.45) is 0 Å². The molecule has 1 atom stereocenters. The molecule has 2 aromatic rings. The van der Waals surface area contributed by atoms with Gasteiger partial charge in [0.1, 0.15) is 11.7 Å². The van der Waals surface area contributed by atoms with E-state index in [1.54, 1.807) is 29.2 Å². The van der Waals surface area contributed by atoms with E-state index in [0.717, 1.165) is 11.8 Å². The van der Waals surface area contributed by atoms with E-state index in [1.807, 2.05) is 20.8 Å². The minimum atomic E-state index is -4.47. The number of alkyl halides is 3. The van der Waals surface area contributed by atoms with Gasteiger partial charge in [0.15, 0.2) is 6.61 Å². The van der Waals surface area contributed by atoms with E-state index in [9.17, 15) is 22.8 Å². The number of amides is 2. The Labute approximate surface area is 195 Å². The lowest BCUT2D eigenvalue weighted by atomic mass is 10.1. The molecule has 1 aliphatic heterocycles. The van der Waals surface area contributed by atoms with Crippen LogP contribution in [0.15, 0.2) is 42.6 Å². The van der Waals surface area contributed by atoms with Gasteiger partial charge >= 0.3 is 12.3 Å². The third kappa shape index (κ3) is 7.62. The Bertz CT molecular complexity index is 989. The number of hydrogen-bond donors (Lipinski definition) is 1. The predicted molar refractivity (Wildman–Crippen MR) is 117 cm³/mol. The van der Waals surface area contributed by atoms with Crippen LogP contribution in [0.25, 0.3) is 0 Å². The summed E-state index contributed by atoms with van der Waals surface area (Å²) < 4.78 is 52.4. The zero-order valence-corrected chi connectivity index (χ0v) is 19.0. The van der Waals surface area contributed by atoms with Crippen molar-refractivity contribution >= 4 is 17.7 Å². The highest BCUT2D eigenvalue weighted by Crippen LogP contribution is 2.25. The van der Waals surface area contributed by atoms with Crippen LogP contribution in [0.3, 0.4) is 0 Å². The molecule has 8 nitrogen and oxygen atoms in total. The molecule has 1 unspecified atom stereocenters. The lowest BCUT2D eigenvalue weighted by molar-refractivity contribution is -0.154. The van der Waals surface area contributed by atoms with Crippen LogP contribution < -0.4 is 10.1 Å². The molecule has 34 heavy (non-hydrogen) atoms. The minimum Gasteiger partial charge on any atom is -0.468 e. The van der Waals surface area contributed by atoms with Gasteiger partial charge in [0.2, 0.25) is 5.88 Å². The summed E-state index contributed by atoms with van der Waals surface area (Å²) in [6.07, 6.45) is -4.07. The molecule has 0 spiro atoms. The topological polar surface area (TPSA) is 90.0 Å². The summed E-state index contributed by atoms with van der Waals surface area (Å²) in [6.45, 7) is 5.12. The molecule has 0 saturated carbocycles. The lowest BCUT2D eigenvalue weighted by Crippen LogP contribution is -2.44. The fourth-order valence-corrected chi connectivity index (χ4v) is 3.08. The van der Waals surface area contributed by atoms with Crippen LogP contribution in [0.1, 0.15) is 42.8 Å². The number of rotatable bonds is 5. The highest BCUT2D eigenvalue weighted by molar-refractivity contribution is 6.04. The van der Waals surface area contributed by atoms with E-state index in [-0.39, 0.29) is 17.5 Å². The van der Waals surface area contributed by atoms with Crippen molar-refractivity contribution < 1.29 is 37.0 Å². The maximum absolute atomic E-state index is 12.4. The van der Waals surface area contributed by atoms with Gasteiger partial charge in [-0.05, 0) is 44.5 Å². The third-order valence-corrected chi connectivity index (χ3v) is 4.64. The Morgan fingerprint density at radius 1 is 1.15 bits per heavy atom. The van der Waals surface area contributed by atoms with Gasteiger partial charge in [0.25, 0.3) is 5.91 Å². The van der Waals surface area contributed by atoms with Crippen molar-refractivity contribution in [2.45, 2.75) is 38.7 Å². The summed E-state index contributed by atoms with van der Waals surface area (Å²) in [6, 6.07) is 9.47. The number of morpholine rings is 1. The normalized spacial score (nSPS) is 16.6. The maximum atomic E-state index is 12.4. The number of nitrogens with zero attached hydrogens (tertiary/aromatic N) is 2. The number of halogens is 3. The van der Waals surface area contributed by atoms with E-state index in [0.29, 0.717) is 25.4 Å². The molecule has 184 valence electrons. The number of aromatic nitrogens is 1. The molecule has 2 amide bonds. The molecule has 0 bridgehead atoms. The number of nitrogens with one attached hydrogen (secondary N) is 1. The summed E-state index contributed by atoms with van der Waals surface area (Å²) in [4.78, 5) is 30.1. The number of pyridine rings is 1. The van der Waals surface area contributed by atoms with Crippen molar-refractivity contribution in [3.63, 3.8) is 0 Å². The number of anilines is 1. The van der Waals surface area contributed by atoms with Gasteiger partial charge in [0.05, 0.1) is 18.7 Å². The first-order valence-corrected chi connectivity index (χ1v) is 10.6. The van der Waals surface area contributed by atoms with E-state index in [2.05, 4.69) is 15.0 Å². The molecule has 11 heteroatoms. The van der Waals surface area contributed by atoms with Crippen molar-refractivity contribution in [3.8, 4) is 5.88 Å². The van der Waals surface area contributed by atoms with Crippen LogP contribution in [-0.4, -0.2) is 60.0 Å². The smallest absolute Gasteiger partial charge is 0.422 e. The Morgan fingerprint density at radius 2 is 1.85 bits per heavy atom. The van der Waals surface area contributed by atoms with Crippen molar-refractivity contribution in [2.75, 3.05) is 31.6 Å². The lowest BCUT2D eigenvalue weighted by Gasteiger charge is -2.34. The Kier molecular flexibility index (Phi) is 7.65. The predicted octanol–water partition coefficient (Wildman–Crippen LogP) is 4.58. The van der Waals surface area contributed by atoms with Gasteiger partial charge in [-0.3, -0.25) is 4.79 Å². The number of ether oxygens (including phenoxy) is 3. The molecule has 1 aromatic heterocycles. The monoisotopic (exact) mass is 481 g/mol. The second-order valence-corrected chi connectivity index (χ2v) is 8.65. The fourth-order valence-electron chi connectivity index (χ4n) is 3.08. The quantitative estimate of drug-likeness (QED) is 0.672. The highest BCUT2D eigenvalue weighted by atomic mass is 19.4.